The van der Waals surface area contributed by atoms with E-state index in [9.17, 15) is 26.4 Å². The number of rotatable bonds is 4. The Morgan fingerprint density at radius 3 is 2.33 bits per heavy atom. The highest BCUT2D eigenvalue weighted by atomic mass is 32.2. The van der Waals surface area contributed by atoms with Crippen molar-refractivity contribution in [1.82, 2.24) is 9.97 Å². The van der Waals surface area contributed by atoms with Crippen molar-refractivity contribution in [3.05, 3.63) is 59.9 Å². The summed E-state index contributed by atoms with van der Waals surface area (Å²) in [6.07, 6.45) is -0.747. The summed E-state index contributed by atoms with van der Waals surface area (Å²) in [6, 6.07) is 10.6. The number of esters is 1. The molecule has 0 fully saturated rings. The van der Waals surface area contributed by atoms with E-state index >= 15 is 0 Å². The minimum absolute atomic E-state index is 0.0842. The SMILES string of the molecule is C[C@H](OC(=O)c1ccc(S(=O)(=O)C(F)(F)F)cc1)c1nc2ccccc2[nH]1. The van der Waals surface area contributed by atoms with Gasteiger partial charge in [-0.1, -0.05) is 12.1 Å². The van der Waals surface area contributed by atoms with E-state index < -0.39 is 32.3 Å². The molecule has 0 saturated carbocycles. The number of hydrogen-bond acceptors (Lipinski definition) is 5. The number of carbonyl (C=O) groups excluding carboxylic acids is 1. The Labute approximate surface area is 151 Å². The number of halogens is 3. The van der Waals surface area contributed by atoms with E-state index in [2.05, 4.69) is 9.97 Å². The van der Waals surface area contributed by atoms with Gasteiger partial charge in [0.15, 0.2) is 6.10 Å². The monoisotopic (exact) mass is 398 g/mol. The highest BCUT2D eigenvalue weighted by Gasteiger charge is 2.46. The third kappa shape index (κ3) is 3.65. The Morgan fingerprint density at radius 2 is 1.74 bits per heavy atom. The normalized spacial score (nSPS) is 13.5. The minimum Gasteiger partial charge on any atom is -0.451 e. The first-order valence-electron chi connectivity index (χ1n) is 7.66. The summed E-state index contributed by atoms with van der Waals surface area (Å²) in [7, 11) is -5.47. The smallest absolute Gasteiger partial charge is 0.451 e. The van der Waals surface area contributed by atoms with Gasteiger partial charge >= 0.3 is 11.5 Å². The standard InChI is InChI=1S/C17H13F3N2O4S/c1-10(15-21-13-4-2-3-5-14(13)22-15)26-16(23)11-6-8-12(9-7-11)27(24,25)17(18,19)20/h2-10H,1H3,(H,21,22)/t10-/m0/s1. The van der Waals surface area contributed by atoms with Crippen LogP contribution < -0.4 is 0 Å². The number of ether oxygens (including phenoxy) is 1. The van der Waals surface area contributed by atoms with E-state index in [1.807, 2.05) is 6.07 Å². The van der Waals surface area contributed by atoms with Gasteiger partial charge in [0.25, 0.3) is 9.84 Å². The molecule has 6 nitrogen and oxygen atoms in total. The molecule has 0 spiro atoms. The number of H-pyrrole nitrogens is 1. The molecule has 1 aromatic heterocycles. The fourth-order valence-electron chi connectivity index (χ4n) is 2.35. The second-order valence-electron chi connectivity index (χ2n) is 5.66. The first-order chi connectivity index (χ1) is 12.6. The molecule has 0 aliphatic heterocycles. The van der Waals surface area contributed by atoms with Crippen LogP contribution in [0.25, 0.3) is 11.0 Å². The molecule has 3 rings (SSSR count). The predicted octanol–water partition coefficient (Wildman–Crippen LogP) is 3.77. The van der Waals surface area contributed by atoms with E-state index in [0.717, 1.165) is 17.6 Å². The molecule has 1 N–H and O–H groups in total. The summed E-state index contributed by atoms with van der Waals surface area (Å²) in [4.78, 5) is 18.5. The van der Waals surface area contributed by atoms with Gasteiger partial charge in [-0.15, -0.1) is 0 Å². The summed E-state index contributed by atoms with van der Waals surface area (Å²) in [6.45, 7) is 1.58. The van der Waals surface area contributed by atoms with Crippen LogP contribution in [0.4, 0.5) is 13.2 Å². The average Bonchev–Trinajstić information content (AvgIpc) is 3.05. The first-order valence-corrected chi connectivity index (χ1v) is 9.15. The van der Waals surface area contributed by atoms with Gasteiger partial charge in [-0.05, 0) is 43.3 Å². The maximum absolute atomic E-state index is 12.5. The molecule has 0 aliphatic rings. The lowest BCUT2D eigenvalue weighted by Gasteiger charge is -2.11. The van der Waals surface area contributed by atoms with Crippen molar-refractivity contribution in [3.63, 3.8) is 0 Å². The molecule has 0 aliphatic carbocycles. The molecule has 1 heterocycles. The Hall–Kier alpha value is -2.88. The van der Waals surface area contributed by atoms with E-state index in [1.54, 1.807) is 25.1 Å². The van der Waals surface area contributed by atoms with Crippen molar-refractivity contribution >= 4 is 26.8 Å². The Balaban J connectivity index is 1.76. The highest BCUT2D eigenvalue weighted by Crippen LogP contribution is 2.30. The van der Waals surface area contributed by atoms with Crippen molar-refractivity contribution in [3.8, 4) is 0 Å². The van der Waals surface area contributed by atoms with Gasteiger partial charge in [0.05, 0.1) is 21.5 Å². The second-order valence-corrected chi connectivity index (χ2v) is 7.60. The second kappa shape index (κ2) is 6.69. The first kappa shape index (κ1) is 18.9. The molecule has 27 heavy (non-hydrogen) atoms. The van der Waals surface area contributed by atoms with E-state index in [0.29, 0.717) is 23.5 Å². The molecule has 0 amide bonds. The molecule has 1 atom stereocenters. The summed E-state index contributed by atoms with van der Waals surface area (Å²) >= 11 is 0. The molecule has 2 aromatic carbocycles. The largest absolute Gasteiger partial charge is 0.501 e. The minimum atomic E-state index is -5.47. The number of carbonyl (C=O) groups is 1. The average molecular weight is 398 g/mol. The van der Waals surface area contributed by atoms with Crippen molar-refractivity contribution in [2.75, 3.05) is 0 Å². The third-order valence-corrected chi connectivity index (χ3v) is 5.28. The molecule has 0 saturated heterocycles. The number of nitrogens with zero attached hydrogens (tertiary/aromatic N) is 1. The molecule has 10 heteroatoms. The zero-order chi connectivity index (χ0) is 19.8. The van der Waals surface area contributed by atoms with Crippen molar-refractivity contribution < 1.29 is 31.1 Å². The summed E-state index contributed by atoms with van der Waals surface area (Å²) in [5.74, 6) is -0.417. The third-order valence-electron chi connectivity index (χ3n) is 3.78. The van der Waals surface area contributed by atoms with Crippen molar-refractivity contribution in [2.24, 2.45) is 0 Å². The number of sulfone groups is 1. The number of fused-ring (bicyclic) bond motifs is 1. The molecule has 0 radical (unpaired) electrons. The highest BCUT2D eigenvalue weighted by molar-refractivity contribution is 7.92. The number of aromatic nitrogens is 2. The van der Waals surface area contributed by atoms with Crippen molar-refractivity contribution in [2.45, 2.75) is 23.4 Å². The Bertz CT molecular complexity index is 1060. The maximum Gasteiger partial charge on any atom is 0.501 e. The van der Waals surface area contributed by atoms with Gasteiger partial charge in [0, 0.05) is 0 Å². The van der Waals surface area contributed by atoms with Crippen LogP contribution in [0.5, 0.6) is 0 Å². The van der Waals surface area contributed by atoms with Gasteiger partial charge in [-0.25, -0.2) is 18.2 Å². The van der Waals surface area contributed by atoms with E-state index in [1.165, 1.54) is 0 Å². The fraction of sp³-hybridized carbons (Fsp3) is 0.176. The number of aromatic amines is 1. The van der Waals surface area contributed by atoms with E-state index in [-0.39, 0.29) is 5.56 Å². The van der Waals surface area contributed by atoms with Crippen LogP contribution in [0, 0.1) is 0 Å². The molecular formula is C17H13F3N2O4S. The van der Waals surface area contributed by atoms with Gasteiger partial charge < -0.3 is 9.72 Å². The number of benzene rings is 2. The molecule has 142 valence electrons. The summed E-state index contributed by atoms with van der Waals surface area (Å²) < 4.78 is 65.5. The Kier molecular flexibility index (Phi) is 4.68. The van der Waals surface area contributed by atoms with Crippen molar-refractivity contribution in [1.29, 1.82) is 0 Å². The number of para-hydroxylation sites is 2. The number of hydrogen-bond donors (Lipinski definition) is 1. The topological polar surface area (TPSA) is 89.1 Å². The molecule has 0 unspecified atom stereocenters. The van der Waals surface area contributed by atoms with Crippen LogP contribution in [0.1, 0.15) is 29.2 Å². The van der Waals surface area contributed by atoms with Crippen LogP contribution in [0.2, 0.25) is 0 Å². The quantitative estimate of drug-likeness (QED) is 0.676. The van der Waals surface area contributed by atoms with Gasteiger partial charge in [0.2, 0.25) is 0 Å². The zero-order valence-electron chi connectivity index (χ0n) is 13.8. The number of nitrogens with one attached hydrogen (secondary N) is 1. The lowest BCUT2D eigenvalue weighted by molar-refractivity contribution is -0.0436. The number of imidazole rings is 1. The molecule has 0 bridgehead atoms. The van der Waals surface area contributed by atoms with Gasteiger partial charge in [-0.3, -0.25) is 0 Å². The van der Waals surface area contributed by atoms with Gasteiger partial charge in [-0.2, -0.15) is 13.2 Å². The zero-order valence-corrected chi connectivity index (χ0v) is 14.6. The van der Waals surface area contributed by atoms with Crippen LogP contribution in [0.15, 0.2) is 53.4 Å². The maximum atomic E-state index is 12.5. The fourth-order valence-corrected chi connectivity index (χ4v) is 3.11. The molecular weight excluding hydrogens is 385 g/mol. The lowest BCUT2D eigenvalue weighted by atomic mass is 10.2. The summed E-state index contributed by atoms with van der Waals surface area (Å²) in [5.41, 5.74) is -4.04. The van der Waals surface area contributed by atoms with Crippen LogP contribution in [0.3, 0.4) is 0 Å². The summed E-state index contributed by atoms with van der Waals surface area (Å²) in [5, 5.41) is 0. The van der Waals surface area contributed by atoms with E-state index in [4.69, 9.17) is 4.74 Å². The van der Waals surface area contributed by atoms with Crippen LogP contribution in [-0.4, -0.2) is 29.9 Å². The predicted molar refractivity (Wildman–Crippen MR) is 89.6 cm³/mol. The number of alkyl halides is 3. The Morgan fingerprint density at radius 1 is 1.11 bits per heavy atom. The van der Waals surface area contributed by atoms with Crippen LogP contribution in [-0.2, 0) is 14.6 Å². The lowest BCUT2D eigenvalue weighted by Crippen LogP contribution is -2.23. The van der Waals surface area contributed by atoms with Crippen LogP contribution >= 0.6 is 0 Å². The molecule has 3 aromatic rings. The van der Waals surface area contributed by atoms with Gasteiger partial charge in [0.1, 0.15) is 5.82 Å².